The minimum atomic E-state index is -4.71. The van der Waals surface area contributed by atoms with Gasteiger partial charge in [0.05, 0.1) is 5.39 Å². The third kappa shape index (κ3) is 3.36. The van der Waals surface area contributed by atoms with E-state index in [4.69, 9.17) is 9.15 Å². The van der Waals surface area contributed by atoms with Gasteiger partial charge >= 0.3 is 6.18 Å². The maximum Gasteiger partial charge on any atom is 0.449 e. The summed E-state index contributed by atoms with van der Waals surface area (Å²) >= 11 is 0. The fraction of sp³-hybridized carbons (Fsp3) is 0.118. The van der Waals surface area contributed by atoms with Gasteiger partial charge in [-0.2, -0.15) is 13.2 Å². The van der Waals surface area contributed by atoms with Crippen molar-refractivity contribution in [2.75, 3.05) is 0 Å². The van der Waals surface area contributed by atoms with Crippen molar-refractivity contribution in [2.24, 2.45) is 0 Å². The molecule has 23 heavy (non-hydrogen) atoms. The van der Waals surface area contributed by atoms with E-state index in [0.29, 0.717) is 11.8 Å². The molecule has 0 bridgehead atoms. The summed E-state index contributed by atoms with van der Waals surface area (Å²) in [5, 5.41) is 0.0741. The van der Waals surface area contributed by atoms with Crippen molar-refractivity contribution < 1.29 is 22.3 Å². The van der Waals surface area contributed by atoms with Gasteiger partial charge in [0.25, 0.3) is 0 Å². The highest BCUT2D eigenvalue weighted by Crippen LogP contribution is 2.31. The van der Waals surface area contributed by atoms with Gasteiger partial charge in [-0.05, 0) is 17.7 Å². The van der Waals surface area contributed by atoms with E-state index in [9.17, 15) is 18.0 Å². The Morgan fingerprint density at radius 1 is 1.00 bits per heavy atom. The van der Waals surface area contributed by atoms with E-state index < -0.39 is 17.4 Å². The molecule has 0 radical (unpaired) electrons. The van der Waals surface area contributed by atoms with Crippen molar-refractivity contribution in [3.63, 3.8) is 0 Å². The molecule has 1 heterocycles. The highest BCUT2D eigenvalue weighted by Gasteiger charge is 2.34. The highest BCUT2D eigenvalue weighted by molar-refractivity contribution is 5.78. The van der Waals surface area contributed by atoms with Crippen LogP contribution in [0.5, 0.6) is 5.75 Å². The summed E-state index contributed by atoms with van der Waals surface area (Å²) < 4.78 is 48.4. The molecule has 0 spiro atoms. The van der Waals surface area contributed by atoms with Crippen LogP contribution in [-0.4, -0.2) is 0 Å². The molecule has 0 N–H and O–H groups in total. The molecule has 0 saturated heterocycles. The fourth-order valence-corrected chi connectivity index (χ4v) is 2.11. The molecule has 0 aliphatic rings. The van der Waals surface area contributed by atoms with Gasteiger partial charge < -0.3 is 9.15 Å². The molecule has 0 fully saturated rings. The number of hydrogen-bond acceptors (Lipinski definition) is 3. The lowest BCUT2D eigenvalue weighted by Gasteiger charge is -2.09. The van der Waals surface area contributed by atoms with Crippen molar-refractivity contribution in [3.8, 4) is 5.75 Å². The van der Waals surface area contributed by atoms with Gasteiger partial charge in [-0.1, -0.05) is 30.3 Å². The van der Waals surface area contributed by atoms with Crippen LogP contribution >= 0.6 is 0 Å². The van der Waals surface area contributed by atoms with E-state index in [1.165, 1.54) is 18.2 Å². The van der Waals surface area contributed by atoms with Crippen LogP contribution in [0.25, 0.3) is 11.0 Å². The minimum absolute atomic E-state index is 0.0741. The zero-order valence-electron chi connectivity index (χ0n) is 11.8. The molecule has 0 aliphatic carbocycles. The molecule has 3 rings (SSSR count). The standard InChI is InChI=1S/C17H11F3O3/c18-17(19,20)16-9-14(21)13-7-6-12(8-15(13)23-16)22-10-11-4-2-1-3-5-11/h1-9H,10H2. The molecule has 6 heteroatoms. The van der Waals surface area contributed by atoms with Crippen molar-refractivity contribution in [2.45, 2.75) is 12.8 Å². The summed E-state index contributed by atoms with van der Waals surface area (Å²) in [5.41, 5.74) is 0.0154. The van der Waals surface area contributed by atoms with E-state index >= 15 is 0 Å². The number of hydrogen-bond donors (Lipinski definition) is 0. The van der Waals surface area contributed by atoms with Gasteiger partial charge in [-0.15, -0.1) is 0 Å². The molecule has 0 amide bonds. The molecule has 3 aromatic rings. The Hall–Kier alpha value is -2.76. The maximum absolute atomic E-state index is 12.7. The Morgan fingerprint density at radius 3 is 2.43 bits per heavy atom. The fourth-order valence-electron chi connectivity index (χ4n) is 2.11. The molecule has 0 atom stereocenters. The molecular formula is C17H11F3O3. The van der Waals surface area contributed by atoms with E-state index in [1.54, 1.807) is 0 Å². The van der Waals surface area contributed by atoms with Crippen molar-refractivity contribution in [1.82, 2.24) is 0 Å². The largest absolute Gasteiger partial charge is 0.489 e. The Labute approximate surface area is 128 Å². The Kier molecular flexibility index (Phi) is 3.82. The topological polar surface area (TPSA) is 39.4 Å². The van der Waals surface area contributed by atoms with Crippen LogP contribution in [0.4, 0.5) is 13.2 Å². The first-order chi connectivity index (χ1) is 10.9. The van der Waals surface area contributed by atoms with Gasteiger partial charge in [0.15, 0.2) is 5.43 Å². The number of halogens is 3. The summed E-state index contributed by atoms with van der Waals surface area (Å²) in [5.74, 6) is -1.00. The van der Waals surface area contributed by atoms with Crippen LogP contribution in [-0.2, 0) is 12.8 Å². The molecule has 2 aromatic carbocycles. The van der Waals surface area contributed by atoms with E-state index in [1.807, 2.05) is 30.3 Å². The van der Waals surface area contributed by atoms with Crippen LogP contribution < -0.4 is 10.2 Å². The summed E-state index contributed by atoms with van der Waals surface area (Å²) in [6, 6.07) is 14.0. The lowest BCUT2D eigenvalue weighted by molar-refractivity contribution is -0.152. The molecule has 3 nitrogen and oxygen atoms in total. The quantitative estimate of drug-likeness (QED) is 0.718. The van der Waals surface area contributed by atoms with Crippen LogP contribution in [0.3, 0.4) is 0 Å². The summed E-state index contributed by atoms with van der Waals surface area (Å²) in [4.78, 5) is 11.7. The molecule has 0 aliphatic heterocycles. The van der Waals surface area contributed by atoms with Crippen LogP contribution in [0, 0.1) is 0 Å². The zero-order chi connectivity index (χ0) is 16.4. The number of fused-ring (bicyclic) bond motifs is 1. The first-order valence-electron chi connectivity index (χ1n) is 6.75. The van der Waals surface area contributed by atoms with E-state index in [-0.39, 0.29) is 17.6 Å². The van der Waals surface area contributed by atoms with Crippen LogP contribution in [0.15, 0.2) is 63.8 Å². The second kappa shape index (κ2) is 5.79. The first kappa shape index (κ1) is 15.1. The van der Waals surface area contributed by atoms with Gasteiger partial charge in [0.1, 0.15) is 17.9 Å². The molecule has 118 valence electrons. The molecule has 0 unspecified atom stereocenters. The summed E-state index contributed by atoms with van der Waals surface area (Å²) in [7, 11) is 0. The van der Waals surface area contributed by atoms with E-state index in [2.05, 4.69) is 0 Å². The Morgan fingerprint density at radius 2 is 1.74 bits per heavy atom. The Balaban J connectivity index is 1.93. The lowest BCUT2D eigenvalue weighted by atomic mass is 10.2. The third-order valence-electron chi connectivity index (χ3n) is 3.23. The summed E-state index contributed by atoms with van der Waals surface area (Å²) in [6.07, 6.45) is -4.71. The predicted molar refractivity (Wildman–Crippen MR) is 78.3 cm³/mol. The maximum atomic E-state index is 12.7. The van der Waals surface area contributed by atoms with Gasteiger partial charge in [-0.25, -0.2) is 0 Å². The molecular weight excluding hydrogens is 309 g/mol. The lowest BCUT2D eigenvalue weighted by Crippen LogP contribution is -2.10. The predicted octanol–water partition coefficient (Wildman–Crippen LogP) is 4.39. The minimum Gasteiger partial charge on any atom is -0.489 e. The molecule has 0 saturated carbocycles. The second-order valence-electron chi connectivity index (χ2n) is 4.90. The SMILES string of the molecule is O=c1cc(C(F)(F)F)oc2cc(OCc3ccccc3)ccc12. The average Bonchev–Trinajstić information content (AvgIpc) is 2.52. The van der Waals surface area contributed by atoms with E-state index in [0.717, 1.165) is 5.56 Å². The van der Waals surface area contributed by atoms with Crippen molar-refractivity contribution in [1.29, 1.82) is 0 Å². The summed E-state index contributed by atoms with van der Waals surface area (Å²) in [6.45, 7) is 0.259. The van der Waals surface area contributed by atoms with Crippen LogP contribution in [0.1, 0.15) is 11.3 Å². The monoisotopic (exact) mass is 320 g/mol. The van der Waals surface area contributed by atoms with Gasteiger partial charge in [0, 0.05) is 12.1 Å². The Bertz CT molecular complexity index is 883. The van der Waals surface area contributed by atoms with Gasteiger partial charge in [0.2, 0.25) is 5.76 Å². The number of benzene rings is 2. The zero-order valence-corrected chi connectivity index (χ0v) is 11.8. The first-order valence-corrected chi connectivity index (χ1v) is 6.75. The number of ether oxygens (including phenoxy) is 1. The van der Waals surface area contributed by atoms with Crippen molar-refractivity contribution in [3.05, 3.63) is 76.1 Å². The molecule has 1 aromatic heterocycles. The smallest absolute Gasteiger partial charge is 0.449 e. The average molecular weight is 320 g/mol. The number of alkyl halides is 3. The third-order valence-corrected chi connectivity index (χ3v) is 3.23. The van der Waals surface area contributed by atoms with Crippen molar-refractivity contribution >= 4 is 11.0 Å². The number of rotatable bonds is 3. The van der Waals surface area contributed by atoms with Gasteiger partial charge in [-0.3, -0.25) is 4.79 Å². The highest BCUT2D eigenvalue weighted by atomic mass is 19.4. The van der Waals surface area contributed by atoms with Crippen LogP contribution in [0.2, 0.25) is 0 Å². The second-order valence-corrected chi connectivity index (χ2v) is 4.90. The normalized spacial score (nSPS) is 11.6.